The number of hydrogen-bond acceptors (Lipinski definition) is 3. The van der Waals surface area contributed by atoms with E-state index >= 15 is 0 Å². The molecule has 0 fully saturated rings. The van der Waals surface area contributed by atoms with Crippen LogP contribution >= 0.6 is 11.3 Å². The van der Waals surface area contributed by atoms with Crippen molar-refractivity contribution >= 4 is 28.8 Å². The van der Waals surface area contributed by atoms with Gasteiger partial charge in [0, 0.05) is 29.6 Å². The van der Waals surface area contributed by atoms with Crippen molar-refractivity contribution in [1.29, 1.82) is 0 Å². The van der Waals surface area contributed by atoms with Crippen LogP contribution in [-0.2, 0) is 4.79 Å². The van der Waals surface area contributed by atoms with Gasteiger partial charge < -0.3 is 10.6 Å². The Morgan fingerprint density at radius 1 is 1.22 bits per heavy atom. The summed E-state index contributed by atoms with van der Waals surface area (Å²) in [5.74, 6) is 0.162. The van der Waals surface area contributed by atoms with Gasteiger partial charge >= 0.3 is 0 Å². The number of para-hydroxylation sites is 1. The topological polar surface area (TPSA) is 58.2 Å². The first kappa shape index (κ1) is 17.2. The van der Waals surface area contributed by atoms with Crippen LogP contribution in [-0.4, -0.2) is 18.4 Å². The van der Waals surface area contributed by atoms with E-state index in [-0.39, 0.29) is 18.2 Å². The summed E-state index contributed by atoms with van der Waals surface area (Å²) in [6.45, 7) is 4.60. The smallest absolute Gasteiger partial charge is 0.252 e. The Hall–Kier alpha value is -2.14. The molecule has 0 aliphatic rings. The van der Waals surface area contributed by atoms with Crippen LogP contribution in [0.1, 0.15) is 48.5 Å². The first-order valence-corrected chi connectivity index (χ1v) is 8.75. The molecule has 4 nitrogen and oxygen atoms in total. The summed E-state index contributed by atoms with van der Waals surface area (Å²) in [7, 11) is 0. The zero-order valence-corrected chi connectivity index (χ0v) is 14.3. The maximum Gasteiger partial charge on any atom is 0.252 e. The molecular weight excluding hydrogens is 308 g/mol. The van der Waals surface area contributed by atoms with Crippen molar-refractivity contribution in [3.8, 4) is 0 Å². The molecule has 1 atom stereocenters. The molecule has 0 bridgehead atoms. The third-order valence-electron chi connectivity index (χ3n) is 3.80. The summed E-state index contributed by atoms with van der Waals surface area (Å²) in [5.41, 5.74) is 2.64. The molecule has 2 aromatic rings. The van der Waals surface area contributed by atoms with Gasteiger partial charge in [0.05, 0.1) is 0 Å². The van der Waals surface area contributed by atoms with Crippen molar-refractivity contribution in [2.24, 2.45) is 0 Å². The fourth-order valence-electron chi connectivity index (χ4n) is 2.26. The van der Waals surface area contributed by atoms with E-state index in [0.717, 1.165) is 17.7 Å². The lowest BCUT2D eigenvalue weighted by molar-refractivity contribution is -0.116. The van der Waals surface area contributed by atoms with E-state index in [0.29, 0.717) is 18.0 Å². The van der Waals surface area contributed by atoms with Crippen LogP contribution < -0.4 is 10.6 Å². The molecule has 1 heterocycles. The lowest BCUT2D eigenvalue weighted by Gasteiger charge is -2.15. The van der Waals surface area contributed by atoms with Crippen LogP contribution in [0.2, 0.25) is 0 Å². The molecule has 0 aliphatic heterocycles. The second-order valence-corrected chi connectivity index (χ2v) is 6.24. The maximum absolute atomic E-state index is 12.1. The number of rotatable bonds is 7. The third-order valence-corrected chi connectivity index (χ3v) is 4.48. The molecule has 0 saturated heterocycles. The molecule has 5 heteroatoms. The molecule has 2 amide bonds. The number of benzene rings is 1. The number of carbonyl (C=O) groups excluding carboxylic acids is 2. The third kappa shape index (κ3) is 4.93. The van der Waals surface area contributed by atoms with Crippen molar-refractivity contribution < 1.29 is 9.59 Å². The van der Waals surface area contributed by atoms with E-state index in [2.05, 4.69) is 24.5 Å². The molecular formula is C18H22N2O2S. The molecule has 0 aliphatic carbocycles. The van der Waals surface area contributed by atoms with E-state index in [1.54, 1.807) is 11.4 Å². The van der Waals surface area contributed by atoms with Crippen molar-refractivity contribution in [1.82, 2.24) is 5.32 Å². The summed E-state index contributed by atoms with van der Waals surface area (Å²) < 4.78 is 0. The fourth-order valence-corrected chi connectivity index (χ4v) is 2.89. The van der Waals surface area contributed by atoms with E-state index in [9.17, 15) is 9.59 Å². The summed E-state index contributed by atoms with van der Waals surface area (Å²) >= 11 is 1.48. The standard InChI is InChI=1S/C18H22N2O2S/c1-3-13(2)15-6-4-5-7-16(15)20-17(21)8-10-19-18(22)14-9-11-23-12-14/h4-7,9,11-13H,3,8,10H2,1-2H3,(H,19,22)(H,20,21)/t13-/m1/s1. The van der Waals surface area contributed by atoms with Crippen molar-refractivity contribution in [3.05, 3.63) is 52.2 Å². The Kier molecular flexibility index (Phi) is 6.35. The average molecular weight is 330 g/mol. The number of hydrogen-bond donors (Lipinski definition) is 2. The second-order valence-electron chi connectivity index (χ2n) is 5.46. The summed E-state index contributed by atoms with van der Waals surface area (Å²) in [5, 5.41) is 9.35. The molecule has 0 radical (unpaired) electrons. The monoisotopic (exact) mass is 330 g/mol. The highest BCUT2D eigenvalue weighted by Gasteiger charge is 2.11. The normalized spacial score (nSPS) is 11.7. The average Bonchev–Trinajstić information content (AvgIpc) is 3.09. The van der Waals surface area contributed by atoms with Crippen molar-refractivity contribution in [3.63, 3.8) is 0 Å². The van der Waals surface area contributed by atoms with Crippen LogP contribution in [0.5, 0.6) is 0 Å². The molecule has 0 unspecified atom stereocenters. The fraction of sp³-hybridized carbons (Fsp3) is 0.333. The number of anilines is 1. The first-order valence-electron chi connectivity index (χ1n) is 7.81. The lowest BCUT2D eigenvalue weighted by Crippen LogP contribution is -2.27. The van der Waals surface area contributed by atoms with Gasteiger partial charge in [-0.05, 0) is 35.4 Å². The molecule has 122 valence electrons. The van der Waals surface area contributed by atoms with Crippen LogP contribution in [0, 0.1) is 0 Å². The van der Waals surface area contributed by atoms with Gasteiger partial charge in [0.15, 0.2) is 0 Å². The second kappa shape index (κ2) is 8.48. The van der Waals surface area contributed by atoms with Gasteiger partial charge in [0.2, 0.25) is 5.91 Å². The number of carbonyl (C=O) groups is 2. The summed E-state index contributed by atoms with van der Waals surface area (Å²) in [6, 6.07) is 9.63. The highest BCUT2D eigenvalue weighted by molar-refractivity contribution is 7.08. The Labute approximate surface area is 140 Å². The van der Waals surface area contributed by atoms with E-state index in [1.165, 1.54) is 11.3 Å². The van der Waals surface area contributed by atoms with Crippen LogP contribution in [0.25, 0.3) is 0 Å². The Bertz CT molecular complexity index is 653. The minimum Gasteiger partial charge on any atom is -0.351 e. The molecule has 0 spiro atoms. The maximum atomic E-state index is 12.1. The Morgan fingerprint density at radius 2 is 2.00 bits per heavy atom. The zero-order chi connectivity index (χ0) is 16.7. The Morgan fingerprint density at radius 3 is 2.70 bits per heavy atom. The van der Waals surface area contributed by atoms with Gasteiger partial charge in [-0.3, -0.25) is 9.59 Å². The number of nitrogens with one attached hydrogen (secondary N) is 2. The largest absolute Gasteiger partial charge is 0.351 e. The predicted octanol–water partition coefficient (Wildman–Crippen LogP) is 4.02. The Balaban J connectivity index is 1.84. The summed E-state index contributed by atoms with van der Waals surface area (Å²) in [6.07, 6.45) is 1.27. The molecule has 2 rings (SSSR count). The summed E-state index contributed by atoms with van der Waals surface area (Å²) in [4.78, 5) is 23.9. The first-order chi connectivity index (χ1) is 11.1. The minimum atomic E-state index is -0.140. The van der Waals surface area contributed by atoms with E-state index in [1.807, 2.05) is 29.6 Å². The van der Waals surface area contributed by atoms with Crippen molar-refractivity contribution in [2.45, 2.75) is 32.6 Å². The van der Waals surface area contributed by atoms with Crippen LogP contribution in [0.3, 0.4) is 0 Å². The number of amides is 2. The van der Waals surface area contributed by atoms with E-state index < -0.39 is 0 Å². The van der Waals surface area contributed by atoms with Crippen LogP contribution in [0.15, 0.2) is 41.1 Å². The highest BCUT2D eigenvalue weighted by atomic mass is 32.1. The quantitative estimate of drug-likeness (QED) is 0.805. The zero-order valence-electron chi connectivity index (χ0n) is 13.5. The minimum absolute atomic E-state index is 0.0913. The molecule has 1 aromatic heterocycles. The van der Waals surface area contributed by atoms with Crippen LogP contribution in [0.4, 0.5) is 5.69 Å². The van der Waals surface area contributed by atoms with Gasteiger partial charge in [-0.1, -0.05) is 32.0 Å². The van der Waals surface area contributed by atoms with Gasteiger partial charge in [-0.15, -0.1) is 0 Å². The lowest BCUT2D eigenvalue weighted by atomic mass is 9.97. The SMILES string of the molecule is CC[C@@H](C)c1ccccc1NC(=O)CCNC(=O)c1ccsc1. The molecule has 2 N–H and O–H groups in total. The highest BCUT2D eigenvalue weighted by Crippen LogP contribution is 2.26. The number of thiophene rings is 1. The molecule has 23 heavy (non-hydrogen) atoms. The van der Waals surface area contributed by atoms with Gasteiger partial charge in [0.1, 0.15) is 0 Å². The van der Waals surface area contributed by atoms with E-state index in [4.69, 9.17) is 0 Å². The van der Waals surface area contributed by atoms with Crippen molar-refractivity contribution in [2.75, 3.05) is 11.9 Å². The van der Waals surface area contributed by atoms with Gasteiger partial charge in [-0.25, -0.2) is 0 Å². The molecule has 0 saturated carbocycles. The van der Waals surface area contributed by atoms with Gasteiger partial charge in [0.25, 0.3) is 5.91 Å². The molecule has 1 aromatic carbocycles. The predicted molar refractivity (Wildman–Crippen MR) is 95.0 cm³/mol. The van der Waals surface area contributed by atoms with Gasteiger partial charge in [-0.2, -0.15) is 11.3 Å².